The van der Waals surface area contributed by atoms with Crippen LogP contribution in [0.1, 0.15) is 23.0 Å². The number of hydrogen-bond donors (Lipinski definition) is 0. The number of carbonyl (C=O) groups excluding carboxylic acids is 1. The van der Waals surface area contributed by atoms with Gasteiger partial charge in [0.2, 0.25) is 0 Å². The first-order valence-electron chi connectivity index (χ1n) is 9.38. The minimum Gasteiger partial charge on any atom is -0.486 e. The van der Waals surface area contributed by atoms with Crippen LogP contribution in [0.3, 0.4) is 0 Å². The molecule has 0 N–H and O–H groups in total. The summed E-state index contributed by atoms with van der Waals surface area (Å²) in [5.41, 5.74) is 1.45. The molecule has 1 aliphatic rings. The summed E-state index contributed by atoms with van der Waals surface area (Å²) >= 11 is 0. The van der Waals surface area contributed by atoms with Crippen LogP contribution < -0.4 is 9.47 Å². The molecule has 0 saturated heterocycles. The molecule has 0 saturated carbocycles. The number of methoxy groups -OCH3 is 1. The lowest BCUT2D eigenvalue weighted by Gasteiger charge is -2.30. The van der Waals surface area contributed by atoms with E-state index in [1.165, 1.54) is 0 Å². The van der Waals surface area contributed by atoms with E-state index in [1.807, 2.05) is 55.5 Å². The van der Waals surface area contributed by atoms with E-state index in [9.17, 15) is 4.79 Å². The van der Waals surface area contributed by atoms with Gasteiger partial charge in [0, 0.05) is 24.6 Å². The maximum Gasteiger partial charge on any atom is 0.290 e. The van der Waals surface area contributed by atoms with Crippen LogP contribution in [0.25, 0.3) is 11.0 Å². The normalized spacial score (nSPS) is 15.6. The van der Waals surface area contributed by atoms with Crippen molar-refractivity contribution in [1.82, 2.24) is 4.90 Å². The monoisotopic (exact) mass is 381 g/mol. The highest BCUT2D eigenvalue weighted by atomic mass is 16.6. The first-order valence-corrected chi connectivity index (χ1v) is 9.38. The summed E-state index contributed by atoms with van der Waals surface area (Å²) < 4.78 is 23.0. The van der Waals surface area contributed by atoms with Crippen molar-refractivity contribution in [3.05, 3.63) is 59.9 Å². The molecule has 0 aliphatic carbocycles. The molecule has 28 heavy (non-hydrogen) atoms. The second kappa shape index (κ2) is 7.94. The van der Waals surface area contributed by atoms with E-state index in [2.05, 4.69) is 0 Å². The van der Waals surface area contributed by atoms with E-state index in [1.54, 1.807) is 12.0 Å². The van der Waals surface area contributed by atoms with E-state index in [0.717, 1.165) is 16.7 Å². The number of nitrogens with zero attached hydrogens (tertiary/aromatic N) is 1. The van der Waals surface area contributed by atoms with Crippen LogP contribution in [0, 0.1) is 0 Å². The number of fused-ring (bicyclic) bond motifs is 2. The van der Waals surface area contributed by atoms with Gasteiger partial charge < -0.3 is 23.5 Å². The lowest BCUT2D eigenvalue weighted by Crippen LogP contribution is -2.43. The number of amides is 1. The molecule has 2 aromatic carbocycles. The van der Waals surface area contributed by atoms with E-state index >= 15 is 0 Å². The van der Waals surface area contributed by atoms with Crippen molar-refractivity contribution in [2.75, 3.05) is 26.8 Å². The van der Waals surface area contributed by atoms with Crippen LogP contribution in [0.2, 0.25) is 0 Å². The number of rotatable bonds is 6. The molecule has 1 unspecified atom stereocenters. The zero-order valence-electron chi connectivity index (χ0n) is 16.0. The van der Waals surface area contributed by atoms with Gasteiger partial charge >= 0.3 is 0 Å². The van der Waals surface area contributed by atoms with Gasteiger partial charge in [0.1, 0.15) is 12.2 Å². The van der Waals surface area contributed by atoms with E-state index < -0.39 is 0 Å². The molecule has 6 nitrogen and oxygen atoms in total. The third kappa shape index (κ3) is 3.43. The Labute approximate surface area is 163 Å². The van der Waals surface area contributed by atoms with Gasteiger partial charge in [-0.15, -0.1) is 0 Å². The van der Waals surface area contributed by atoms with Gasteiger partial charge in [-0.1, -0.05) is 30.3 Å². The Bertz CT molecular complexity index is 980. The summed E-state index contributed by atoms with van der Waals surface area (Å²) in [6.45, 7) is 3.59. The van der Waals surface area contributed by atoms with Crippen molar-refractivity contribution in [1.29, 1.82) is 0 Å². The van der Waals surface area contributed by atoms with E-state index in [4.69, 9.17) is 18.6 Å². The second-order valence-corrected chi connectivity index (χ2v) is 6.68. The van der Waals surface area contributed by atoms with Gasteiger partial charge in [0.25, 0.3) is 5.91 Å². The van der Waals surface area contributed by atoms with Crippen LogP contribution >= 0.6 is 0 Å². The van der Waals surface area contributed by atoms with Gasteiger partial charge in [-0.2, -0.15) is 0 Å². The molecule has 3 aromatic rings. The predicted octanol–water partition coefficient (Wildman–Crippen LogP) is 3.88. The van der Waals surface area contributed by atoms with Gasteiger partial charge in [-0.3, -0.25) is 4.79 Å². The molecule has 0 spiro atoms. The molecule has 6 heteroatoms. The Morgan fingerprint density at radius 3 is 2.68 bits per heavy atom. The minimum absolute atomic E-state index is 0.173. The highest BCUT2D eigenvalue weighted by Gasteiger charge is 2.29. The summed E-state index contributed by atoms with van der Waals surface area (Å²) in [6.07, 6.45) is -0.242. The zero-order valence-corrected chi connectivity index (χ0v) is 16.0. The number of carbonyl (C=O) groups is 1. The molecule has 1 amide bonds. The predicted molar refractivity (Wildman–Crippen MR) is 105 cm³/mol. The van der Waals surface area contributed by atoms with Crippen molar-refractivity contribution < 1.29 is 23.4 Å². The maximum atomic E-state index is 13.2. The minimum atomic E-state index is -0.242. The van der Waals surface area contributed by atoms with Crippen molar-refractivity contribution >= 4 is 16.9 Å². The third-order valence-electron chi connectivity index (χ3n) is 4.84. The summed E-state index contributed by atoms with van der Waals surface area (Å²) in [5, 5.41) is 0.898. The summed E-state index contributed by atoms with van der Waals surface area (Å²) in [5.74, 6) is 1.58. The number of benzene rings is 2. The number of furan rings is 1. The Hall–Kier alpha value is -2.99. The second-order valence-electron chi connectivity index (χ2n) is 6.68. The largest absolute Gasteiger partial charge is 0.486 e. The molecule has 2 heterocycles. The number of likely N-dealkylation sites (N-methyl/N-ethyl adjacent to an activating group) is 1. The highest BCUT2D eigenvalue weighted by Crippen LogP contribution is 2.32. The van der Waals surface area contributed by atoms with Gasteiger partial charge in [0.05, 0.1) is 13.2 Å². The van der Waals surface area contributed by atoms with Crippen LogP contribution in [0.4, 0.5) is 0 Å². The zero-order chi connectivity index (χ0) is 19.5. The Kier molecular flexibility index (Phi) is 5.21. The molecule has 1 aromatic heterocycles. The molecule has 0 fully saturated rings. The lowest BCUT2D eigenvalue weighted by atomic mass is 10.1. The van der Waals surface area contributed by atoms with Crippen molar-refractivity contribution in [2.45, 2.75) is 19.6 Å². The summed E-state index contributed by atoms with van der Waals surface area (Å²) in [6, 6.07) is 15.2. The Morgan fingerprint density at radius 1 is 1.14 bits per heavy atom. The number of para-hydroxylation sites is 3. The fourth-order valence-electron chi connectivity index (χ4n) is 3.46. The maximum absolute atomic E-state index is 13.2. The quantitative estimate of drug-likeness (QED) is 0.648. The molecule has 0 bridgehead atoms. The molecule has 146 valence electrons. The van der Waals surface area contributed by atoms with Crippen LogP contribution in [-0.4, -0.2) is 43.7 Å². The average molecular weight is 381 g/mol. The first-order chi connectivity index (χ1) is 13.7. The highest BCUT2D eigenvalue weighted by molar-refractivity contribution is 5.99. The smallest absolute Gasteiger partial charge is 0.290 e. The van der Waals surface area contributed by atoms with Gasteiger partial charge in [-0.05, 0) is 25.1 Å². The Morgan fingerprint density at radius 2 is 1.89 bits per heavy atom. The molecular weight excluding hydrogens is 358 g/mol. The molecule has 1 atom stereocenters. The van der Waals surface area contributed by atoms with Crippen molar-refractivity contribution in [2.24, 2.45) is 0 Å². The number of hydrogen-bond acceptors (Lipinski definition) is 5. The fourth-order valence-corrected chi connectivity index (χ4v) is 3.46. The molecule has 1 aliphatic heterocycles. The lowest BCUT2D eigenvalue weighted by molar-refractivity contribution is 0.0453. The summed E-state index contributed by atoms with van der Waals surface area (Å²) in [7, 11) is 1.61. The third-order valence-corrected chi connectivity index (χ3v) is 4.84. The molecule has 4 rings (SSSR count). The summed E-state index contributed by atoms with van der Waals surface area (Å²) in [4.78, 5) is 15.0. The standard InChI is InChI=1S/C22H23NO5/c1-3-23(12-15-13-26-19-10-6-7-11-20(19)27-15)22(24)21-17(14-25-2)16-8-4-5-9-18(16)28-21/h4-11,15H,3,12-14H2,1-2H3. The first kappa shape index (κ1) is 18.4. The molecule has 0 radical (unpaired) electrons. The fraction of sp³-hybridized carbons (Fsp3) is 0.318. The van der Waals surface area contributed by atoms with E-state index in [0.29, 0.717) is 43.4 Å². The number of ether oxygens (including phenoxy) is 3. The van der Waals surface area contributed by atoms with Gasteiger partial charge in [-0.25, -0.2) is 0 Å². The average Bonchev–Trinajstić information content (AvgIpc) is 3.10. The van der Waals surface area contributed by atoms with Gasteiger partial charge in [0.15, 0.2) is 23.4 Å². The van der Waals surface area contributed by atoms with Crippen LogP contribution in [-0.2, 0) is 11.3 Å². The topological polar surface area (TPSA) is 61.1 Å². The Balaban J connectivity index is 1.56. The molecular formula is C22H23NO5. The van der Waals surface area contributed by atoms with E-state index in [-0.39, 0.29) is 12.0 Å². The van der Waals surface area contributed by atoms with Crippen molar-refractivity contribution in [3.63, 3.8) is 0 Å². The van der Waals surface area contributed by atoms with Crippen molar-refractivity contribution in [3.8, 4) is 11.5 Å². The van der Waals surface area contributed by atoms with Crippen LogP contribution in [0.15, 0.2) is 52.9 Å². The SMILES string of the molecule is CCN(CC1COc2ccccc2O1)C(=O)c1oc2ccccc2c1COC. The van der Waals surface area contributed by atoms with Crippen LogP contribution in [0.5, 0.6) is 11.5 Å².